The number of nitrogens with zero attached hydrogens (tertiary/aromatic N) is 2. The van der Waals surface area contributed by atoms with Crippen LogP contribution in [0.15, 0.2) is 4.99 Å². The average molecular weight is 310 g/mol. The smallest absolute Gasteiger partial charge is 0.191 e. The Morgan fingerprint density at radius 2 is 2.00 bits per heavy atom. The Kier molecular flexibility index (Phi) is 6.50. The molecule has 2 fully saturated rings. The minimum Gasteiger partial charge on any atom is -0.373 e. The van der Waals surface area contributed by atoms with Crippen LogP contribution in [-0.4, -0.2) is 62.8 Å². The number of hydrogen-bond acceptors (Lipinski definition) is 3. The maximum atomic E-state index is 5.91. The molecule has 0 amide bonds. The van der Waals surface area contributed by atoms with E-state index < -0.39 is 0 Å². The van der Waals surface area contributed by atoms with Gasteiger partial charge in [0.2, 0.25) is 0 Å². The second-order valence-corrected chi connectivity index (χ2v) is 6.92. The van der Waals surface area contributed by atoms with E-state index in [9.17, 15) is 0 Å². The van der Waals surface area contributed by atoms with Crippen molar-refractivity contribution in [3.05, 3.63) is 0 Å². The van der Waals surface area contributed by atoms with Gasteiger partial charge in [0.15, 0.2) is 5.96 Å². The molecule has 5 nitrogen and oxygen atoms in total. The maximum absolute atomic E-state index is 5.91. The lowest BCUT2D eigenvalue weighted by atomic mass is 9.93. The second-order valence-electron chi connectivity index (χ2n) is 6.92. The first-order valence-electron chi connectivity index (χ1n) is 8.88. The van der Waals surface area contributed by atoms with Crippen molar-refractivity contribution in [3.63, 3.8) is 0 Å². The Hall–Kier alpha value is -0.810. The van der Waals surface area contributed by atoms with Crippen molar-refractivity contribution in [3.8, 4) is 0 Å². The van der Waals surface area contributed by atoms with Crippen molar-refractivity contribution in [1.29, 1.82) is 0 Å². The first-order valence-corrected chi connectivity index (χ1v) is 8.88. The van der Waals surface area contributed by atoms with Gasteiger partial charge in [-0.05, 0) is 39.3 Å². The Balaban J connectivity index is 1.84. The molecule has 2 N–H and O–H groups in total. The fourth-order valence-corrected chi connectivity index (χ4v) is 3.96. The summed E-state index contributed by atoms with van der Waals surface area (Å²) in [6.45, 7) is 5.50. The van der Waals surface area contributed by atoms with Crippen LogP contribution in [-0.2, 0) is 4.74 Å². The summed E-state index contributed by atoms with van der Waals surface area (Å²) >= 11 is 0. The van der Waals surface area contributed by atoms with Gasteiger partial charge in [-0.1, -0.05) is 26.7 Å². The normalized spacial score (nSPS) is 29.4. The highest BCUT2D eigenvalue weighted by atomic mass is 16.5. The van der Waals surface area contributed by atoms with Gasteiger partial charge in [0.1, 0.15) is 0 Å². The molecule has 22 heavy (non-hydrogen) atoms. The van der Waals surface area contributed by atoms with Gasteiger partial charge in [-0.25, -0.2) is 0 Å². The van der Waals surface area contributed by atoms with Crippen LogP contribution < -0.4 is 10.6 Å². The van der Waals surface area contributed by atoms with Crippen LogP contribution in [0.25, 0.3) is 0 Å². The minimum atomic E-state index is 0.382. The van der Waals surface area contributed by atoms with Gasteiger partial charge < -0.3 is 20.3 Å². The molecule has 5 heteroatoms. The maximum Gasteiger partial charge on any atom is 0.191 e. The molecule has 0 aromatic rings. The molecule has 0 aromatic carbocycles. The summed E-state index contributed by atoms with van der Waals surface area (Å²) in [5, 5.41) is 7.09. The van der Waals surface area contributed by atoms with Crippen LogP contribution in [0.3, 0.4) is 0 Å². The predicted molar refractivity (Wildman–Crippen MR) is 92.3 cm³/mol. The minimum absolute atomic E-state index is 0.382. The monoisotopic (exact) mass is 310 g/mol. The summed E-state index contributed by atoms with van der Waals surface area (Å²) in [7, 11) is 6.19. The highest BCUT2D eigenvalue weighted by Gasteiger charge is 2.41. The zero-order valence-corrected chi connectivity index (χ0v) is 14.9. The summed E-state index contributed by atoms with van der Waals surface area (Å²) in [4.78, 5) is 6.73. The number of likely N-dealkylation sites (N-methyl/N-ethyl adjacent to an activating group) is 1. The zero-order chi connectivity index (χ0) is 16.1. The SMILES string of the molecule is CCC(CC)C(CNC(=NC)NC1CC2CCC1O2)N(C)C. The van der Waals surface area contributed by atoms with Crippen molar-refractivity contribution in [1.82, 2.24) is 15.5 Å². The molecule has 128 valence electrons. The van der Waals surface area contributed by atoms with Crippen LogP contribution in [0.2, 0.25) is 0 Å². The summed E-state index contributed by atoms with van der Waals surface area (Å²) in [5.74, 6) is 1.63. The topological polar surface area (TPSA) is 48.9 Å². The highest BCUT2D eigenvalue weighted by Crippen LogP contribution is 2.34. The van der Waals surface area contributed by atoms with Crippen molar-refractivity contribution >= 4 is 5.96 Å². The van der Waals surface area contributed by atoms with E-state index in [1.807, 2.05) is 7.05 Å². The summed E-state index contributed by atoms with van der Waals surface area (Å²) < 4.78 is 5.91. The van der Waals surface area contributed by atoms with Crippen LogP contribution >= 0.6 is 0 Å². The molecule has 2 rings (SSSR count). The molecule has 0 aromatic heterocycles. The molecular formula is C17H34N4O. The van der Waals surface area contributed by atoms with Gasteiger partial charge in [0.05, 0.1) is 18.2 Å². The van der Waals surface area contributed by atoms with Gasteiger partial charge in [0.25, 0.3) is 0 Å². The molecule has 2 heterocycles. The second kappa shape index (κ2) is 8.16. The molecule has 0 aliphatic carbocycles. The van der Waals surface area contributed by atoms with E-state index >= 15 is 0 Å². The number of aliphatic imine (C=N–C) groups is 1. The van der Waals surface area contributed by atoms with E-state index in [0.29, 0.717) is 30.2 Å². The number of rotatable bonds is 7. The summed E-state index contributed by atoms with van der Waals surface area (Å²) in [5.41, 5.74) is 0. The van der Waals surface area contributed by atoms with Crippen LogP contribution in [0.5, 0.6) is 0 Å². The van der Waals surface area contributed by atoms with E-state index in [-0.39, 0.29) is 0 Å². The van der Waals surface area contributed by atoms with Gasteiger partial charge in [-0.3, -0.25) is 4.99 Å². The first kappa shape index (κ1) is 17.5. The molecule has 4 atom stereocenters. The molecule has 2 aliphatic rings. The van der Waals surface area contributed by atoms with Gasteiger partial charge in [0, 0.05) is 19.6 Å². The molecule has 2 bridgehead atoms. The van der Waals surface area contributed by atoms with Gasteiger partial charge in [-0.15, -0.1) is 0 Å². The zero-order valence-electron chi connectivity index (χ0n) is 14.9. The molecule has 0 spiro atoms. The predicted octanol–water partition coefficient (Wildman–Crippen LogP) is 1.84. The lowest BCUT2D eigenvalue weighted by Crippen LogP contribution is -2.51. The molecule has 0 saturated carbocycles. The quantitative estimate of drug-likeness (QED) is 0.556. The first-order chi connectivity index (χ1) is 10.6. The van der Waals surface area contributed by atoms with Gasteiger partial charge >= 0.3 is 0 Å². The van der Waals surface area contributed by atoms with Crippen molar-refractivity contribution in [2.24, 2.45) is 10.9 Å². The molecule has 2 saturated heterocycles. The Morgan fingerprint density at radius 1 is 1.27 bits per heavy atom. The number of guanidine groups is 1. The summed E-state index contributed by atoms with van der Waals surface area (Å²) in [6.07, 6.45) is 6.82. The Bertz CT molecular complexity index is 368. The number of fused-ring (bicyclic) bond motifs is 2. The third-order valence-electron chi connectivity index (χ3n) is 5.39. The molecule has 2 aliphatic heterocycles. The fraction of sp³-hybridized carbons (Fsp3) is 0.941. The van der Waals surface area contributed by atoms with Crippen LogP contribution in [0.4, 0.5) is 0 Å². The van der Waals surface area contributed by atoms with Crippen LogP contribution in [0, 0.1) is 5.92 Å². The fourth-order valence-electron chi connectivity index (χ4n) is 3.96. The number of ether oxygens (including phenoxy) is 1. The van der Waals surface area contributed by atoms with E-state index in [2.05, 4.69) is 48.5 Å². The number of hydrogen-bond donors (Lipinski definition) is 2. The van der Waals surface area contributed by atoms with E-state index in [0.717, 1.165) is 18.9 Å². The van der Waals surface area contributed by atoms with Gasteiger partial charge in [-0.2, -0.15) is 0 Å². The molecule has 0 radical (unpaired) electrons. The average Bonchev–Trinajstić information content (AvgIpc) is 3.12. The van der Waals surface area contributed by atoms with E-state index in [1.165, 1.54) is 25.7 Å². The lowest BCUT2D eigenvalue weighted by molar-refractivity contribution is 0.0992. The third kappa shape index (κ3) is 4.13. The van der Waals surface area contributed by atoms with Crippen molar-refractivity contribution in [2.45, 2.75) is 70.2 Å². The largest absolute Gasteiger partial charge is 0.373 e. The van der Waals surface area contributed by atoms with Crippen molar-refractivity contribution < 1.29 is 4.74 Å². The third-order valence-corrected chi connectivity index (χ3v) is 5.39. The highest BCUT2D eigenvalue weighted by molar-refractivity contribution is 5.80. The molecule has 4 unspecified atom stereocenters. The number of nitrogens with one attached hydrogen (secondary N) is 2. The molecular weight excluding hydrogens is 276 g/mol. The standard InChI is InChI=1S/C17H34N4O/c1-6-12(7-2)15(21(4)5)11-19-17(18-3)20-14-10-13-8-9-16(14)22-13/h12-16H,6-11H2,1-5H3,(H2,18,19,20). The van der Waals surface area contributed by atoms with Crippen molar-refractivity contribution in [2.75, 3.05) is 27.7 Å². The Labute approximate surface area is 135 Å². The van der Waals surface area contributed by atoms with Crippen LogP contribution in [0.1, 0.15) is 46.0 Å². The Morgan fingerprint density at radius 3 is 2.45 bits per heavy atom. The summed E-state index contributed by atoms with van der Waals surface area (Å²) in [6, 6.07) is 0.959. The lowest BCUT2D eigenvalue weighted by Gasteiger charge is -2.32. The van der Waals surface area contributed by atoms with E-state index in [1.54, 1.807) is 0 Å². The van der Waals surface area contributed by atoms with E-state index in [4.69, 9.17) is 4.74 Å².